The van der Waals surface area contributed by atoms with Gasteiger partial charge in [-0.3, -0.25) is 0 Å². The molecule has 0 spiro atoms. The maximum atomic E-state index is 4.30. The van der Waals surface area contributed by atoms with Crippen LogP contribution in [-0.4, -0.2) is 10.8 Å². The van der Waals surface area contributed by atoms with E-state index in [4.69, 9.17) is 0 Å². The molecule has 0 radical (unpaired) electrons. The molecule has 0 aliphatic rings. The van der Waals surface area contributed by atoms with Crippen molar-refractivity contribution in [1.82, 2.24) is 0 Å². The van der Waals surface area contributed by atoms with Crippen molar-refractivity contribution in [2.75, 3.05) is 5.75 Å². The molecule has 0 aromatic rings. The van der Waals surface area contributed by atoms with E-state index in [0.717, 1.165) is 0 Å². The predicted octanol–water partition coefficient (Wildman–Crippen LogP) is 1.07. The lowest BCUT2D eigenvalue weighted by Gasteiger charge is -1.57. The van der Waals surface area contributed by atoms with E-state index in [2.05, 4.69) is 29.9 Å². The monoisotopic (exact) mass is 104 g/mol. The number of hydrogen-bond acceptors (Lipinski definition) is 2. The average molecular weight is 104 g/mol. The maximum Gasteiger partial charge on any atom is 0.0167 e. The van der Waals surface area contributed by atoms with Gasteiger partial charge in [0, 0.05) is 5.75 Å². The van der Waals surface area contributed by atoms with Gasteiger partial charge in [-0.15, -0.1) is 0 Å². The van der Waals surface area contributed by atoms with Crippen LogP contribution in [0, 0.1) is 0 Å². The zero-order valence-electron chi connectivity index (χ0n) is 2.64. The fraction of sp³-hybridized carbons (Fsp3) is 0.333. The third-order valence-corrected chi connectivity index (χ3v) is 0.524. The Morgan fingerprint density at radius 3 is 2.60 bits per heavy atom. The quantitative estimate of drug-likeness (QED) is 0.383. The van der Waals surface area contributed by atoms with Gasteiger partial charge in [0.25, 0.3) is 0 Å². The summed E-state index contributed by atoms with van der Waals surface area (Å²) in [6.07, 6.45) is 1.68. The maximum absolute atomic E-state index is 4.30. The van der Waals surface area contributed by atoms with Gasteiger partial charge in [0.15, 0.2) is 0 Å². The Morgan fingerprint density at radius 1 is 2.00 bits per heavy atom. The molecule has 0 N–H and O–H groups in total. The fourth-order valence-electron chi connectivity index (χ4n) is 0.0373. The van der Waals surface area contributed by atoms with Gasteiger partial charge in [0.05, 0.1) is 0 Å². The molecule has 5 heavy (non-hydrogen) atoms. The standard InChI is InChI=1S/C3H4S2/c4-2-1-3-5/h1,4H,2H2. The molecule has 0 saturated carbocycles. The molecule has 28 valence electrons. The smallest absolute Gasteiger partial charge is 0.0167 e. The average Bonchev–Trinajstić information content (AvgIpc) is 1.41. The van der Waals surface area contributed by atoms with Gasteiger partial charge < -0.3 is 0 Å². The highest BCUT2D eigenvalue weighted by Crippen LogP contribution is 1.66. The second kappa shape index (κ2) is 4.22. The number of hydrogen-bond donors (Lipinski definition) is 1. The van der Waals surface area contributed by atoms with Crippen LogP contribution in [0.3, 0.4) is 0 Å². The number of thiol groups is 1. The largest absolute Gasteiger partial charge is 0.175 e. The molecule has 0 rings (SSSR count). The molecule has 2 heteroatoms. The molecule has 0 aromatic heterocycles. The van der Waals surface area contributed by atoms with Gasteiger partial charge in [0.2, 0.25) is 0 Å². The van der Waals surface area contributed by atoms with E-state index in [-0.39, 0.29) is 0 Å². The fourth-order valence-corrected chi connectivity index (χ4v) is 0.335. The second-order valence-corrected chi connectivity index (χ2v) is 1.11. The van der Waals surface area contributed by atoms with E-state index in [1.807, 2.05) is 0 Å². The summed E-state index contributed by atoms with van der Waals surface area (Å²) in [5.74, 6) is 0.698. The van der Waals surface area contributed by atoms with E-state index in [1.54, 1.807) is 6.08 Å². The predicted molar refractivity (Wildman–Crippen MR) is 31.0 cm³/mol. The summed E-state index contributed by atoms with van der Waals surface area (Å²) < 4.78 is 0. The summed E-state index contributed by atoms with van der Waals surface area (Å²) in [6, 6.07) is 0. The van der Waals surface area contributed by atoms with Gasteiger partial charge >= 0.3 is 0 Å². The van der Waals surface area contributed by atoms with Crippen molar-refractivity contribution < 1.29 is 0 Å². The van der Waals surface area contributed by atoms with Crippen molar-refractivity contribution in [2.24, 2.45) is 0 Å². The van der Waals surface area contributed by atoms with Crippen molar-refractivity contribution in [2.45, 2.75) is 0 Å². The zero-order valence-corrected chi connectivity index (χ0v) is 4.35. The van der Waals surface area contributed by atoms with Crippen molar-refractivity contribution in [3.05, 3.63) is 6.08 Å². The summed E-state index contributed by atoms with van der Waals surface area (Å²) in [5.41, 5.74) is 0. The van der Waals surface area contributed by atoms with Gasteiger partial charge in [-0.2, -0.15) is 12.6 Å². The second-order valence-electron chi connectivity index (χ2n) is 0.505. The van der Waals surface area contributed by atoms with Crippen LogP contribution in [0.25, 0.3) is 0 Å². The lowest BCUT2D eigenvalue weighted by atomic mass is 10.8. The summed E-state index contributed by atoms with van der Waals surface area (Å²) in [7, 11) is 0. The van der Waals surface area contributed by atoms with Crippen LogP contribution in [0.5, 0.6) is 0 Å². The van der Waals surface area contributed by atoms with Crippen molar-refractivity contribution in [3.8, 4) is 0 Å². The van der Waals surface area contributed by atoms with Crippen LogP contribution in [0.4, 0.5) is 0 Å². The lowest BCUT2D eigenvalue weighted by Crippen LogP contribution is -1.52. The molecule has 0 unspecified atom stereocenters. The van der Waals surface area contributed by atoms with Gasteiger partial charge in [0.1, 0.15) is 0 Å². The van der Waals surface area contributed by atoms with E-state index >= 15 is 0 Å². The van der Waals surface area contributed by atoms with E-state index in [1.165, 1.54) is 0 Å². The highest BCUT2D eigenvalue weighted by atomic mass is 32.1. The Kier molecular flexibility index (Phi) is 4.41. The Hall–Kier alpha value is 0.220. The van der Waals surface area contributed by atoms with E-state index in [0.29, 0.717) is 5.75 Å². The molecular weight excluding hydrogens is 100 g/mol. The molecule has 0 nitrogen and oxygen atoms in total. The highest BCUT2D eigenvalue weighted by molar-refractivity contribution is 7.80. The first-order valence-electron chi connectivity index (χ1n) is 1.22. The summed E-state index contributed by atoms with van der Waals surface area (Å²) in [4.78, 5) is 0. The van der Waals surface area contributed by atoms with Gasteiger partial charge in [-0.1, -0.05) is 0 Å². The molecule has 0 saturated heterocycles. The lowest BCUT2D eigenvalue weighted by molar-refractivity contribution is 1.89. The minimum absolute atomic E-state index is 0.698. The normalized spacial score (nSPS) is 5.80. The zero-order chi connectivity index (χ0) is 4.12. The number of thiocarbonyl (C=S) groups is 1. The minimum atomic E-state index is 0.698. The van der Waals surface area contributed by atoms with Crippen molar-refractivity contribution in [1.29, 1.82) is 0 Å². The molecule has 0 atom stereocenters. The topological polar surface area (TPSA) is 0 Å². The van der Waals surface area contributed by atoms with Crippen LogP contribution >= 0.6 is 24.8 Å². The van der Waals surface area contributed by atoms with Crippen LogP contribution in [0.2, 0.25) is 0 Å². The summed E-state index contributed by atoms with van der Waals surface area (Å²) in [6.45, 7) is 0. The molecule has 0 fully saturated rings. The van der Waals surface area contributed by atoms with Crippen molar-refractivity contribution >= 4 is 29.9 Å². The molecule has 0 bridgehead atoms. The van der Waals surface area contributed by atoms with Crippen LogP contribution in [0.15, 0.2) is 6.08 Å². The molecule has 0 aliphatic heterocycles. The molecule has 0 aliphatic carbocycles. The van der Waals surface area contributed by atoms with E-state index < -0.39 is 0 Å². The minimum Gasteiger partial charge on any atom is -0.175 e. The Labute approximate surface area is 42.3 Å². The van der Waals surface area contributed by atoms with Gasteiger partial charge in [-0.05, 0) is 23.3 Å². The van der Waals surface area contributed by atoms with Gasteiger partial charge in [-0.25, -0.2) is 0 Å². The first-order chi connectivity index (χ1) is 2.41. The van der Waals surface area contributed by atoms with Crippen LogP contribution in [-0.2, 0) is 0 Å². The summed E-state index contributed by atoms with van der Waals surface area (Å²) >= 11 is 8.11. The molecule has 0 aromatic carbocycles. The first-order valence-corrected chi connectivity index (χ1v) is 2.26. The molecule has 0 amide bonds. The Morgan fingerprint density at radius 2 is 2.60 bits per heavy atom. The highest BCUT2D eigenvalue weighted by Gasteiger charge is 1.51. The number of rotatable bonds is 1. The third-order valence-electron chi connectivity index (χ3n) is 0.175. The Balaban J connectivity index is 2.93. The Bertz CT molecular complexity index is 51.9. The first kappa shape index (κ1) is 5.22. The van der Waals surface area contributed by atoms with Crippen LogP contribution in [0.1, 0.15) is 0 Å². The van der Waals surface area contributed by atoms with Crippen molar-refractivity contribution in [3.63, 3.8) is 0 Å². The van der Waals surface area contributed by atoms with E-state index in [9.17, 15) is 0 Å². The molecule has 0 heterocycles. The third kappa shape index (κ3) is 4.22. The molecular formula is C3H4S2. The SMILES string of the molecule is S=C=CCS. The van der Waals surface area contributed by atoms with Crippen LogP contribution < -0.4 is 0 Å². The summed E-state index contributed by atoms with van der Waals surface area (Å²) in [5, 5.41) is 2.40.